The summed E-state index contributed by atoms with van der Waals surface area (Å²) in [4.78, 5) is 29.8. The Kier molecular flexibility index (Phi) is 7.18. The molecule has 0 aromatic heterocycles. The highest BCUT2D eigenvalue weighted by Crippen LogP contribution is 2.54. The maximum Gasteiger partial charge on any atom is 0.329 e. The largest absolute Gasteiger partial charge is 0.458 e. The van der Waals surface area contributed by atoms with E-state index in [9.17, 15) is 14.0 Å². The van der Waals surface area contributed by atoms with Gasteiger partial charge in [0.15, 0.2) is 0 Å². The summed E-state index contributed by atoms with van der Waals surface area (Å²) in [6.07, 6.45) is 2.53. The second-order valence-electron chi connectivity index (χ2n) is 10.6. The number of urea groups is 1. The maximum absolute atomic E-state index is 13.4. The van der Waals surface area contributed by atoms with Crippen LogP contribution in [0.5, 0.6) is 0 Å². The van der Waals surface area contributed by atoms with Gasteiger partial charge in [0.05, 0.1) is 0 Å². The first-order chi connectivity index (χ1) is 15.0. The van der Waals surface area contributed by atoms with Crippen molar-refractivity contribution in [1.82, 2.24) is 15.1 Å². The van der Waals surface area contributed by atoms with Crippen LogP contribution in [0.1, 0.15) is 65.5 Å². The van der Waals surface area contributed by atoms with Gasteiger partial charge in [-0.05, 0) is 64.3 Å². The molecule has 1 aromatic rings. The standard InChI is InChI=1S/C25H38FN3O3/c1-7-17(2)20(22(30)32-24(3,4)5)27-23(31)29-14-12-25(13-15-29)16-28(6)21(25)18-8-10-19(26)11-9-18/h8-11,17,20-21H,7,12-16H2,1-6H3,(H,27,31)/t17-,20-,21?/m0/s1. The van der Waals surface area contributed by atoms with E-state index in [2.05, 4.69) is 17.3 Å². The summed E-state index contributed by atoms with van der Waals surface area (Å²) in [5.41, 5.74) is 0.626. The second-order valence-corrected chi connectivity index (χ2v) is 10.6. The number of rotatable bonds is 5. The summed E-state index contributed by atoms with van der Waals surface area (Å²) in [5.74, 6) is -0.629. The van der Waals surface area contributed by atoms with Crippen molar-refractivity contribution in [2.45, 2.75) is 71.6 Å². The normalized spacial score (nSPS) is 22.7. The number of likely N-dealkylation sites (tertiary alicyclic amines) is 2. The first-order valence-electron chi connectivity index (χ1n) is 11.7. The summed E-state index contributed by atoms with van der Waals surface area (Å²) in [6, 6.07) is 6.14. The van der Waals surface area contributed by atoms with Gasteiger partial charge in [0, 0.05) is 31.1 Å². The van der Waals surface area contributed by atoms with Gasteiger partial charge in [-0.15, -0.1) is 0 Å². The number of esters is 1. The van der Waals surface area contributed by atoms with Gasteiger partial charge >= 0.3 is 12.0 Å². The van der Waals surface area contributed by atoms with Crippen molar-refractivity contribution in [3.05, 3.63) is 35.6 Å². The van der Waals surface area contributed by atoms with Gasteiger partial charge in [-0.3, -0.25) is 4.90 Å². The van der Waals surface area contributed by atoms with Crippen LogP contribution < -0.4 is 5.32 Å². The highest BCUT2D eigenvalue weighted by Gasteiger charge is 2.52. The number of nitrogens with zero attached hydrogens (tertiary/aromatic N) is 2. The van der Waals surface area contributed by atoms with Crippen LogP contribution in [0.15, 0.2) is 24.3 Å². The van der Waals surface area contributed by atoms with Crippen molar-refractivity contribution >= 4 is 12.0 Å². The van der Waals surface area contributed by atoms with E-state index in [-0.39, 0.29) is 35.2 Å². The Morgan fingerprint density at radius 3 is 2.31 bits per heavy atom. The lowest BCUT2D eigenvalue weighted by atomic mass is 9.63. The molecule has 1 aromatic carbocycles. The SMILES string of the molecule is CC[C@H](C)[C@H](NC(=O)N1CCC2(CC1)CN(C)C2c1ccc(F)cc1)C(=O)OC(C)(C)C. The Labute approximate surface area is 191 Å². The van der Waals surface area contributed by atoms with Crippen molar-refractivity contribution < 1.29 is 18.7 Å². The zero-order chi connectivity index (χ0) is 23.7. The zero-order valence-electron chi connectivity index (χ0n) is 20.3. The highest BCUT2D eigenvalue weighted by molar-refractivity contribution is 5.84. The van der Waals surface area contributed by atoms with Crippen LogP contribution >= 0.6 is 0 Å². The van der Waals surface area contributed by atoms with Gasteiger partial charge in [-0.25, -0.2) is 14.0 Å². The van der Waals surface area contributed by atoms with E-state index in [1.54, 1.807) is 0 Å². The molecule has 2 aliphatic rings. The van der Waals surface area contributed by atoms with Crippen LogP contribution in [0.4, 0.5) is 9.18 Å². The molecular weight excluding hydrogens is 409 g/mol. The molecule has 178 valence electrons. The molecule has 1 N–H and O–H groups in total. The van der Waals surface area contributed by atoms with Gasteiger partial charge < -0.3 is 15.0 Å². The van der Waals surface area contributed by atoms with E-state index in [0.717, 1.165) is 31.4 Å². The monoisotopic (exact) mass is 447 g/mol. The molecule has 2 aliphatic heterocycles. The molecule has 0 radical (unpaired) electrons. The van der Waals surface area contributed by atoms with Crippen LogP contribution in [0.2, 0.25) is 0 Å². The average molecular weight is 448 g/mol. The minimum atomic E-state index is -0.663. The van der Waals surface area contributed by atoms with Gasteiger partial charge in [0.1, 0.15) is 17.5 Å². The van der Waals surface area contributed by atoms with Crippen LogP contribution in [0.3, 0.4) is 0 Å². The van der Waals surface area contributed by atoms with Gasteiger partial charge in [-0.1, -0.05) is 32.4 Å². The smallest absolute Gasteiger partial charge is 0.329 e. The fraction of sp³-hybridized carbons (Fsp3) is 0.680. The number of carbonyl (C=O) groups excluding carboxylic acids is 2. The predicted molar refractivity (Wildman–Crippen MR) is 123 cm³/mol. The summed E-state index contributed by atoms with van der Waals surface area (Å²) < 4.78 is 18.9. The lowest BCUT2D eigenvalue weighted by Gasteiger charge is -2.59. The molecular formula is C25H38FN3O3. The number of ether oxygens (including phenoxy) is 1. The summed E-state index contributed by atoms with van der Waals surface area (Å²) in [7, 11) is 2.09. The Bertz CT molecular complexity index is 813. The lowest BCUT2D eigenvalue weighted by Crippen LogP contribution is -2.62. The second kappa shape index (κ2) is 9.38. The summed E-state index contributed by atoms with van der Waals surface area (Å²) >= 11 is 0. The van der Waals surface area contributed by atoms with Crippen molar-refractivity contribution in [2.24, 2.45) is 11.3 Å². The van der Waals surface area contributed by atoms with E-state index >= 15 is 0 Å². The quantitative estimate of drug-likeness (QED) is 0.682. The van der Waals surface area contributed by atoms with Gasteiger partial charge in [0.25, 0.3) is 0 Å². The molecule has 1 unspecified atom stereocenters. The van der Waals surface area contributed by atoms with Crippen LogP contribution in [-0.2, 0) is 9.53 Å². The molecule has 2 heterocycles. The zero-order valence-corrected chi connectivity index (χ0v) is 20.3. The maximum atomic E-state index is 13.4. The fourth-order valence-corrected chi connectivity index (χ4v) is 5.13. The summed E-state index contributed by atoms with van der Waals surface area (Å²) in [6.45, 7) is 11.7. The molecule has 2 amide bonds. The minimum absolute atomic E-state index is 0.0203. The van der Waals surface area contributed by atoms with Crippen molar-refractivity contribution in [1.29, 1.82) is 0 Å². The van der Waals surface area contributed by atoms with E-state index < -0.39 is 11.6 Å². The van der Waals surface area contributed by atoms with Gasteiger partial charge in [-0.2, -0.15) is 0 Å². The summed E-state index contributed by atoms with van der Waals surface area (Å²) in [5, 5.41) is 2.94. The topological polar surface area (TPSA) is 61.9 Å². The van der Waals surface area contributed by atoms with Crippen LogP contribution in [0, 0.1) is 17.2 Å². The molecule has 1 spiro atoms. The first kappa shape index (κ1) is 24.5. The number of hydrogen-bond donors (Lipinski definition) is 1. The van der Waals surface area contributed by atoms with Crippen LogP contribution in [-0.4, -0.2) is 60.1 Å². The highest BCUT2D eigenvalue weighted by atomic mass is 19.1. The molecule has 3 rings (SSSR count). The van der Waals surface area contributed by atoms with Crippen molar-refractivity contribution in [3.63, 3.8) is 0 Å². The van der Waals surface area contributed by atoms with Crippen LogP contribution in [0.25, 0.3) is 0 Å². The Hall–Kier alpha value is -2.15. The van der Waals surface area contributed by atoms with Crippen molar-refractivity contribution in [3.8, 4) is 0 Å². The van der Waals surface area contributed by atoms with E-state index in [0.29, 0.717) is 13.1 Å². The minimum Gasteiger partial charge on any atom is -0.458 e. The molecule has 2 saturated heterocycles. The molecule has 3 atom stereocenters. The number of nitrogens with one attached hydrogen (secondary N) is 1. The number of carbonyl (C=O) groups is 2. The number of halogens is 1. The number of benzene rings is 1. The predicted octanol–water partition coefficient (Wildman–Crippen LogP) is 4.36. The number of hydrogen-bond acceptors (Lipinski definition) is 4. The molecule has 0 saturated carbocycles. The third kappa shape index (κ3) is 5.25. The molecule has 2 fully saturated rings. The molecule has 7 heteroatoms. The molecule has 0 aliphatic carbocycles. The molecule has 0 bridgehead atoms. The third-order valence-electron chi connectivity index (χ3n) is 6.97. The first-order valence-corrected chi connectivity index (χ1v) is 11.7. The number of amides is 2. The van der Waals surface area contributed by atoms with E-state index in [1.165, 1.54) is 12.1 Å². The fourth-order valence-electron chi connectivity index (χ4n) is 5.13. The molecule has 6 nitrogen and oxygen atoms in total. The Morgan fingerprint density at radius 2 is 1.81 bits per heavy atom. The molecule has 32 heavy (non-hydrogen) atoms. The van der Waals surface area contributed by atoms with Crippen molar-refractivity contribution in [2.75, 3.05) is 26.7 Å². The average Bonchev–Trinajstić information content (AvgIpc) is 2.71. The Balaban J connectivity index is 1.63. The lowest BCUT2D eigenvalue weighted by molar-refractivity contribution is -0.158. The van der Waals surface area contributed by atoms with E-state index in [1.807, 2.05) is 51.7 Å². The van der Waals surface area contributed by atoms with Gasteiger partial charge in [0.2, 0.25) is 0 Å². The third-order valence-corrected chi connectivity index (χ3v) is 6.97. The van der Waals surface area contributed by atoms with E-state index in [4.69, 9.17) is 4.74 Å². The Morgan fingerprint density at radius 1 is 1.22 bits per heavy atom. The number of piperidine rings is 1.